The van der Waals surface area contributed by atoms with E-state index in [0.29, 0.717) is 32.5 Å². The Morgan fingerprint density at radius 3 is 0.640 bits per heavy atom. The summed E-state index contributed by atoms with van der Waals surface area (Å²) in [4.78, 5) is 24.2. The van der Waals surface area contributed by atoms with E-state index in [0.717, 1.165) is 50.4 Å². The van der Waals surface area contributed by atoms with Gasteiger partial charge in [0.1, 0.15) is 11.5 Å². The summed E-state index contributed by atoms with van der Waals surface area (Å²) >= 11 is 4.66. The van der Waals surface area contributed by atoms with Gasteiger partial charge in [-0.05, 0) is 119 Å². The van der Waals surface area contributed by atoms with Crippen LogP contribution >= 0.6 is 45.2 Å². The third-order valence-corrected chi connectivity index (χ3v) is 16.5. The predicted octanol–water partition coefficient (Wildman–Crippen LogP) is 22.6. The van der Waals surface area contributed by atoms with Crippen LogP contribution in [0, 0.1) is 7.14 Å². The van der Waals surface area contributed by atoms with Gasteiger partial charge in [-0.1, -0.05) is 270 Å². The number of esters is 2. The first kappa shape index (κ1) is 69.5. The molecule has 2 rings (SSSR count). The van der Waals surface area contributed by atoms with Crippen LogP contribution in [-0.4, -0.2) is 38.4 Å². The van der Waals surface area contributed by atoms with E-state index in [2.05, 4.69) is 93.7 Å². The standard InChI is InChI=1S/C67H114I2O6/c68-62-50-54-64(55-51-62)72-58-45-41-37-33-29-25-21-17-13-9-5-1-3-7-11-15-19-23-27-31-35-39-43-48-66(70)74-60-47-61-75-67(71)49-44-40-36-32-28-24-20-16-12-8-4-2-6-10-14-18-22-26-30-34-38-42-46-59-73-65-56-52-63(69)53-57-65/h50-57H,1-49,58-61H2. The predicted molar refractivity (Wildman–Crippen MR) is 337 cm³/mol. The molecule has 0 aromatic heterocycles. The van der Waals surface area contributed by atoms with Crippen molar-refractivity contribution >= 4 is 57.1 Å². The molecule has 2 aromatic rings. The fourth-order valence-corrected chi connectivity index (χ4v) is 10.9. The fraction of sp³-hybridized carbons (Fsp3) is 0.791. The van der Waals surface area contributed by atoms with E-state index in [9.17, 15) is 9.59 Å². The van der Waals surface area contributed by atoms with Crippen molar-refractivity contribution in [3.63, 3.8) is 0 Å². The summed E-state index contributed by atoms with van der Waals surface area (Å²) in [5.74, 6) is 1.77. The number of carbonyl (C=O) groups is 2. The van der Waals surface area contributed by atoms with Gasteiger partial charge in [0.2, 0.25) is 0 Å². The van der Waals surface area contributed by atoms with Gasteiger partial charge in [0.05, 0.1) is 26.4 Å². The molecule has 0 atom stereocenters. The topological polar surface area (TPSA) is 71.1 Å². The van der Waals surface area contributed by atoms with E-state index in [4.69, 9.17) is 18.9 Å². The van der Waals surface area contributed by atoms with Crippen molar-refractivity contribution in [3.05, 3.63) is 55.7 Å². The average Bonchev–Trinajstić information content (AvgIpc) is 3.41. The van der Waals surface area contributed by atoms with Gasteiger partial charge in [0.25, 0.3) is 0 Å². The van der Waals surface area contributed by atoms with E-state index in [-0.39, 0.29) is 11.9 Å². The Labute approximate surface area is 490 Å². The minimum absolute atomic E-state index is 0.113. The van der Waals surface area contributed by atoms with Crippen molar-refractivity contribution in [2.24, 2.45) is 0 Å². The number of benzene rings is 2. The second kappa shape index (κ2) is 55.7. The SMILES string of the molecule is O=C(CCCCCCCCCCCCCCCCCCCCCCCCCOc1ccc(I)cc1)OCCCOC(=O)CCCCCCCCCCCCCCCCCCCCCCCCCOc1ccc(I)cc1. The van der Waals surface area contributed by atoms with E-state index >= 15 is 0 Å². The molecule has 0 amide bonds. The zero-order valence-corrected chi connectivity index (χ0v) is 52.6. The van der Waals surface area contributed by atoms with Crippen molar-refractivity contribution in [2.75, 3.05) is 26.4 Å². The van der Waals surface area contributed by atoms with Crippen LogP contribution in [0.2, 0.25) is 0 Å². The highest BCUT2D eigenvalue weighted by Gasteiger charge is 2.06. The number of rotatable bonds is 58. The van der Waals surface area contributed by atoms with E-state index in [1.807, 2.05) is 0 Å². The minimum Gasteiger partial charge on any atom is -0.494 e. The van der Waals surface area contributed by atoms with Crippen LogP contribution in [0.4, 0.5) is 0 Å². The van der Waals surface area contributed by atoms with Crippen LogP contribution in [0.15, 0.2) is 48.5 Å². The third-order valence-electron chi connectivity index (χ3n) is 15.0. The summed E-state index contributed by atoms with van der Waals surface area (Å²) in [5, 5.41) is 0. The number of halogens is 2. The molecule has 0 saturated heterocycles. The average molecular weight is 1270 g/mol. The van der Waals surface area contributed by atoms with Crippen molar-refractivity contribution in [2.45, 2.75) is 315 Å². The number of carbonyl (C=O) groups excluding carboxylic acids is 2. The Kier molecular flexibility index (Phi) is 51.7. The lowest BCUT2D eigenvalue weighted by atomic mass is 10.0. The van der Waals surface area contributed by atoms with Crippen LogP contribution in [0.1, 0.15) is 315 Å². The normalized spacial score (nSPS) is 11.3. The Morgan fingerprint density at radius 2 is 0.427 bits per heavy atom. The Balaban J connectivity index is 1.14. The number of hydrogen-bond acceptors (Lipinski definition) is 6. The fourth-order valence-electron chi connectivity index (χ4n) is 10.2. The lowest BCUT2D eigenvalue weighted by molar-refractivity contribution is -0.146. The summed E-state index contributed by atoms with van der Waals surface area (Å²) in [5.41, 5.74) is 0. The molecule has 0 spiro atoms. The van der Waals surface area contributed by atoms with E-state index in [1.165, 1.54) is 277 Å². The highest BCUT2D eigenvalue weighted by Crippen LogP contribution is 2.20. The first-order valence-electron chi connectivity index (χ1n) is 32.1. The van der Waals surface area contributed by atoms with Gasteiger partial charge in [-0.25, -0.2) is 0 Å². The van der Waals surface area contributed by atoms with Gasteiger partial charge in [0, 0.05) is 26.4 Å². The minimum atomic E-state index is -0.113. The Hall–Kier alpha value is -1.56. The van der Waals surface area contributed by atoms with Crippen LogP contribution in [0.5, 0.6) is 11.5 Å². The molecule has 0 radical (unpaired) electrons. The molecule has 0 unspecified atom stereocenters. The molecule has 0 N–H and O–H groups in total. The zero-order valence-electron chi connectivity index (χ0n) is 48.3. The monoisotopic (exact) mass is 1270 g/mol. The summed E-state index contributed by atoms with van der Waals surface area (Å²) in [6, 6.07) is 16.7. The first-order chi connectivity index (χ1) is 37.0. The summed E-state index contributed by atoms with van der Waals surface area (Å²) in [6.45, 7) is 2.37. The smallest absolute Gasteiger partial charge is 0.305 e. The van der Waals surface area contributed by atoms with Crippen molar-refractivity contribution in [1.82, 2.24) is 0 Å². The van der Waals surface area contributed by atoms with Crippen LogP contribution in [0.25, 0.3) is 0 Å². The molecular weight excluding hydrogens is 1150 g/mol. The Bertz CT molecular complexity index is 1390. The highest BCUT2D eigenvalue weighted by molar-refractivity contribution is 14.1. The largest absolute Gasteiger partial charge is 0.494 e. The first-order valence-corrected chi connectivity index (χ1v) is 34.3. The van der Waals surface area contributed by atoms with E-state index < -0.39 is 0 Å². The van der Waals surface area contributed by atoms with Crippen LogP contribution in [-0.2, 0) is 19.1 Å². The molecule has 0 aliphatic heterocycles. The molecule has 0 aliphatic rings. The molecule has 0 heterocycles. The zero-order chi connectivity index (χ0) is 53.4. The molecule has 8 heteroatoms. The van der Waals surface area contributed by atoms with Crippen molar-refractivity contribution < 1.29 is 28.5 Å². The van der Waals surface area contributed by atoms with Gasteiger partial charge in [-0.3, -0.25) is 9.59 Å². The number of unbranched alkanes of at least 4 members (excludes halogenated alkanes) is 44. The van der Waals surface area contributed by atoms with E-state index in [1.54, 1.807) is 0 Å². The van der Waals surface area contributed by atoms with Crippen molar-refractivity contribution in [3.8, 4) is 11.5 Å². The molecular formula is C67H114I2O6. The molecule has 0 aliphatic carbocycles. The van der Waals surface area contributed by atoms with Gasteiger partial charge < -0.3 is 18.9 Å². The van der Waals surface area contributed by atoms with Gasteiger partial charge in [0.15, 0.2) is 0 Å². The molecule has 2 aromatic carbocycles. The summed E-state index contributed by atoms with van der Waals surface area (Å²) in [6.07, 6.45) is 63.1. The molecule has 6 nitrogen and oxygen atoms in total. The summed E-state index contributed by atoms with van der Waals surface area (Å²) in [7, 11) is 0. The summed E-state index contributed by atoms with van der Waals surface area (Å²) < 4.78 is 24.9. The lowest BCUT2D eigenvalue weighted by Crippen LogP contribution is -2.10. The number of hydrogen-bond donors (Lipinski definition) is 0. The maximum Gasteiger partial charge on any atom is 0.305 e. The van der Waals surface area contributed by atoms with Crippen LogP contribution < -0.4 is 9.47 Å². The van der Waals surface area contributed by atoms with Crippen LogP contribution in [0.3, 0.4) is 0 Å². The second-order valence-corrected chi connectivity index (χ2v) is 24.7. The van der Waals surface area contributed by atoms with Gasteiger partial charge in [-0.2, -0.15) is 0 Å². The maximum atomic E-state index is 12.1. The third kappa shape index (κ3) is 50.4. The maximum absolute atomic E-state index is 12.1. The number of ether oxygens (including phenoxy) is 4. The molecule has 0 bridgehead atoms. The lowest BCUT2D eigenvalue weighted by Gasteiger charge is -2.07. The second-order valence-electron chi connectivity index (χ2n) is 22.2. The van der Waals surface area contributed by atoms with Gasteiger partial charge >= 0.3 is 11.9 Å². The Morgan fingerprint density at radius 1 is 0.240 bits per heavy atom. The highest BCUT2D eigenvalue weighted by atomic mass is 127. The quantitative estimate of drug-likeness (QED) is 0.0373. The molecule has 0 fully saturated rings. The molecule has 75 heavy (non-hydrogen) atoms. The molecule has 432 valence electrons. The molecule has 0 saturated carbocycles. The van der Waals surface area contributed by atoms with Gasteiger partial charge in [-0.15, -0.1) is 0 Å². The van der Waals surface area contributed by atoms with Crippen molar-refractivity contribution in [1.29, 1.82) is 0 Å².